The van der Waals surface area contributed by atoms with Gasteiger partial charge in [0.1, 0.15) is 6.61 Å². The van der Waals surface area contributed by atoms with Gasteiger partial charge in [-0.3, -0.25) is 0 Å². The fraction of sp³-hybridized carbons (Fsp3) is 0.500. The molecule has 0 saturated heterocycles. The SMILES string of the molecule is COc1cccc(CO)c1OCCN(C)C. The fourth-order valence-corrected chi connectivity index (χ4v) is 1.34. The molecule has 0 spiro atoms. The lowest BCUT2D eigenvalue weighted by molar-refractivity contribution is 0.234. The molecule has 0 radical (unpaired) electrons. The smallest absolute Gasteiger partial charge is 0.166 e. The Morgan fingerprint density at radius 2 is 2.06 bits per heavy atom. The number of para-hydroxylation sites is 1. The van der Waals surface area contributed by atoms with E-state index in [1.807, 2.05) is 37.2 Å². The first-order valence-corrected chi connectivity index (χ1v) is 5.23. The summed E-state index contributed by atoms with van der Waals surface area (Å²) in [5, 5.41) is 9.20. The zero-order chi connectivity index (χ0) is 12.0. The summed E-state index contributed by atoms with van der Waals surface area (Å²) in [6.07, 6.45) is 0. The Hall–Kier alpha value is -1.26. The van der Waals surface area contributed by atoms with E-state index in [1.54, 1.807) is 7.11 Å². The van der Waals surface area contributed by atoms with Crippen molar-refractivity contribution in [2.45, 2.75) is 6.61 Å². The van der Waals surface area contributed by atoms with E-state index in [0.717, 1.165) is 12.1 Å². The minimum Gasteiger partial charge on any atom is -0.493 e. The molecule has 0 saturated carbocycles. The molecule has 16 heavy (non-hydrogen) atoms. The Bertz CT molecular complexity index is 304. The van der Waals surface area contributed by atoms with Gasteiger partial charge < -0.3 is 19.5 Å². The van der Waals surface area contributed by atoms with Gasteiger partial charge in [-0.05, 0) is 20.2 Å². The lowest BCUT2D eigenvalue weighted by Gasteiger charge is -2.15. The molecule has 0 atom stereocenters. The number of rotatable bonds is 6. The van der Waals surface area contributed by atoms with Crippen molar-refractivity contribution in [3.8, 4) is 11.5 Å². The number of hydrogen-bond acceptors (Lipinski definition) is 4. The van der Waals surface area contributed by atoms with Crippen LogP contribution in [0.2, 0.25) is 0 Å². The van der Waals surface area contributed by atoms with Crippen molar-refractivity contribution in [3.05, 3.63) is 23.8 Å². The Kier molecular flexibility index (Phi) is 5.08. The molecule has 0 amide bonds. The van der Waals surface area contributed by atoms with Crippen LogP contribution in [-0.2, 0) is 6.61 Å². The normalized spacial score (nSPS) is 10.6. The summed E-state index contributed by atoms with van der Waals surface area (Å²) in [4.78, 5) is 2.04. The van der Waals surface area contributed by atoms with Crippen LogP contribution in [-0.4, -0.2) is 44.4 Å². The summed E-state index contributed by atoms with van der Waals surface area (Å²) in [5.74, 6) is 1.29. The summed E-state index contributed by atoms with van der Waals surface area (Å²) < 4.78 is 10.8. The number of aliphatic hydroxyl groups excluding tert-OH is 1. The number of ether oxygens (including phenoxy) is 2. The molecule has 0 bridgehead atoms. The van der Waals surface area contributed by atoms with E-state index in [9.17, 15) is 5.11 Å². The molecule has 1 aromatic carbocycles. The fourth-order valence-electron chi connectivity index (χ4n) is 1.34. The number of aliphatic hydroxyl groups is 1. The summed E-state index contributed by atoms with van der Waals surface area (Å²) in [6.45, 7) is 1.35. The second-order valence-electron chi connectivity index (χ2n) is 3.76. The van der Waals surface area contributed by atoms with Gasteiger partial charge in [0.15, 0.2) is 11.5 Å². The van der Waals surface area contributed by atoms with Crippen LogP contribution < -0.4 is 9.47 Å². The van der Waals surface area contributed by atoms with E-state index in [-0.39, 0.29) is 6.61 Å². The van der Waals surface area contributed by atoms with E-state index in [0.29, 0.717) is 18.1 Å². The highest BCUT2D eigenvalue weighted by molar-refractivity contribution is 5.46. The van der Waals surface area contributed by atoms with E-state index in [1.165, 1.54) is 0 Å². The average molecular weight is 225 g/mol. The van der Waals surface area contributed by atoms with Crippen LogP contribution in [0.4, 0.5) is 0 Å². The predicted molar refractivity (Wildman–Crippen MR) is 63.0 cm³/mol. The second-order valence-corrected chi connectivity index (χ2v) is 3.76. The van der Waals surface area contributed by atoms with Gasteiger partial charge in [-0.15, -0.1) is 0 Å². The summed E-state index contributed by atoms with van der Waals surface area (Å²) in [7, 11) is 5.56. The number of nitrogens with zero attached hydrogens (tertiary/aromatic N) is 1. The average Bonchev–Trinajstić information content (AvgIpc) is 2.28. The molecule has 1 rings (SSSR count). The highest BCUT2D eigenvalue weighted by Crippen LogP contribution is 2.30. The van der Waals surface area contributed by atoms with E-state index in [4.69, 9.17) is 9.47 Å². The van der Waals surface area contributed by atoms with Gasteiger partial charge in [0.25, 0.3) is 0 Å². The molecule has 1 N–H and O–H groups in total. The maximum atomic E-state index is 9.20. The molecule has 0 unspecified atom stereocenters. The van der Waals surface area contributed by atoms with Gasteiger partial charge >= 0.3 is 0 Å². The summed E-state index contributed by atoms with van der Waals surface area (Å²) in [6, 6.07) is 5.49. The first kappa shape index (κ1) is 12.8. The minimum atomic E-state index is -0.0471. The monoisotopic (exact) mass is 225 g/mol. The van der Waals surface area contributed by atoms with Gasteiger partial charge in [-0.25, -0.2) is 0 Å². The van der Waals surface area contributed by atoms with Crippen LogP contribution in [0.3, 0.4) is 0 Å². The lowest BCUT2D eigenvalue weighted by atomic mass is 10.2. The van der Waals surface area contributed by atoms with Gasteiger partial charge in [-0.1, -0.05) is 12.1 Å². The highest BCUT2D eigenvalue weighted by Gasteiger charge is 2.09. The number of benzene rings is 1. The van der Waals surface area contributed by atoms with Crippen LogP contribution in [0.1, 0.15) is 5.56 Å². The molecular weight excluding hydrogens is 206 g/mol. The third-order valence-corrected chi connectivity index (χ3v) is 2.24. The second kappa shape index (κ2) is 6.35. The Labute approximate surface area is 96.4 Å². The van der Waals surface area contributed by atoms with Crippen LogP contribution in [0.15, 0.2) is 18.2 Å². The first-order valence-electron chi connectivity index (χ1n) is 5.23. The molecule has 0 aliphatic rings. The van der Waals surface area contributed by atoms with Crippen molar-refractivity contribution in [1.82, 2.24) is 4.90 Å². The number of likely N-dealkylation sites (N-methyl/N-ethyl adjacent to an activating group) is 1. The molecule has 0 fully saturated rings. The van der Waals surface area contributed by atoms with Gasteiger partial charge in [0.2, 0.25) is 0 Å². The molecule has 1 aromatic rings. The van der Waals surface area contributed by atoms with Crippen molar-refractivity contribution in [2.75, 3.05) is 34.4 Å². The molecule has 0 aliphatic carbocycles. The van der Waals surface area contributed by atoms with Crippen LogP contribution in [0.5, 0.6) is 11.5 Å². The minimum absolute atomic E-state index is 0.0471. The molecule has 0 aromatic heterocycles. The lowest BCUT2D eigenvalue weighted by Crippen LogP contribution is -2.20. The van der Waals surface area contributed by atoms with Crippen molar-refractivity contribution in [3.63, 3.8) is 0 Å². The highest BCUT2D eigenvalue weighted by atomic mass is 16.5. The van der Waals surface area contributed by atoms with Crippen molar-refractivity contribution in [2.24, 2.45) is 0 Å². The van der Waals surface area contributed by atoms with E-state index < -0.39 is 0 Å². The van der Waals surface area contributed by atoms with Crippen molar-refractivity contribution < 1.29 is 14.6 Å². The quantitative estimate of drug-likeness (QED) is 0.788. The zero-order valence-corrected chi connectivity index (χ0v) is 10.1. The topological polar surface area (TPSA) is 41.9 Å². The first-order chi connectivity index (χ1) is 7.69. The van der Waals surface area contributed by atoms with Gasteiger partial charge in [0, 0.05) is 12.1 Å². The Balaban J connectivity index is 2.74. The summed E-state index contributed by atoms with van der Waals surface area (Å²) >= 11 is 0. The molecule has 90 valence electrons. The van der Waals surface area contributed by atoms with E-state index >= 15 is 0 Å². The molecule has 0 aliphatic heterocycles. The van der Waals surface area contributed by atoms with Gasteiger partial charge in [0.05, 0.1) is 13.7 Å². The third-order valence-electron chi connectivity index (χ3n) is 2.24. The molecule has 4 nitrogen and oxygen atoms in total. The predicted octanol–water partition coefficient (Wildman–Crippen LogP) is 1.13. The van der Waals surface area contributed by atoms with E-state index in [2.05, 4.69) is 0 Å². The number of methoxy groups -OCH3 is 1. The number of hydrogen-bond donors (Lipinski definition) is 1. The maximum absolute atomic E-state index is 9.20. The zero-order valence-electron chi connectivity index (χ0n) is 10.1. The maximum Gasteiger partial charge on any atom is 0.166 e. The van der Waals surface area contributed by atoms with Gasteiger partial charge in [-0.2, -0.15) is 0 Å². The summed E-state index contributed by atoms with van der Waals surface area (Å²) in [5.41, 5.74) is 0.748. The van der Waals surface area contributed by atoms with Crippen molar-refractivity contribution >= 4 is 0 Å². The van der Waals surface area contributed by atoms with Crippen molar-refractivity contribution in [1.29, 1.82) is 0 Å². The largest absolute Gasteiger partial charge is 0.493 e. The molecule has 0 heterocycles. The Morgan fingerprint density at radius 3 is 2.62 bits per heavy atom. The van der Waals surface area contributed by atoms with Crippen LogP contribution in [0, 0.1) is 0 Å². The standard InChI is InChI=1S/C12H19NO3/c1-13(2)7-8-16-12-10(9-14)5-4-6-11(12)15-3/h4-6,14H,7-9H2,1-3H3. The third kappa shape index (κ3) is 3.40. The Morgan fingerprint density at radius 1 is 1.31 bits per heavy atom. The molecular formula is C12H19NO3. The van der Waals surface area contributed by atoms with Crippen LogP contribution >= 0.6 is 0 Å². The molecule has 4 heteroatoms. The van der Waals surface area contributed by atoms with Crippen LogP contribution in [0.25, 0.3) is 0 Å².